The van der Waals surface area contributed by atoms with Gasteiger partial charge in [-0.3, -0.25) is 11.3 Å². The number of hydrazine groups is 1. The number of rotatable bonds is 4. The predicted molar refractivity (Wildman–Crippen MR) is 78.9 cm³/mol. The van der Waals surface area contributed by atoms with Gasteiger partial charge in [0.1, 0.15) is 0 Å². The molecule has 3 N–H and O–H groups in total. The summed E-state index contributed by atoms with van der Waals surface area (Å²) in [6.45, 7) is 0. The molecule has 1 aliphatic rings. The van der Waals surface area contributed by atoms with Crippen LogP contribution in [0.2, 0.25) is 4.34 Å². The molecule has 0 aromatic carbocycles. The molecule has 3 nitrogen and oxygen atoms in total. The van der Waals surface area contributed by atoms with Crippen LogP contribution >= 0.6 is 22.9 Å². The van der Waals surface area contributed by atoms with Crippen LogP contribution in [0.3, 0.4) is 0 Å². The maximum absolute atomic E-state index is 6.06. The van der Waals surface area contributed by atoms with Gasteiger partial charge in [-0.05, 0) is 39.1 Å². The molecule has 1 heterocycles. The first kappa shape index (κ1) is 14.3. The van der Waals surface area contributed by atoms with E-state index in [0.717, 1.165) is 4.34 Å². The molecule has 1 aromatic rings. The summed E-state index contributed by atoms with van der Waals surface area (Å²) in [5, 5.41) is 0. The third-order valence-electron chi connectivity index (χ3n) is 4.19. The topological polar surface area (TPSA) is 41.3 Å². The van der Waals surface area contributed by atoms with Crippen molar-refractivity contribution in [3.63, 3.8) is 0 Å². The quantitative estimate of drug-likeness (QED) is 0.660. The predicted octanol–water partition coefficient (Wildman–Crippen LogP) is 3.17. The molecule has 5 heteroatoms. The summed E-state index contributed by atoms with van der Waals surface area (Å²) in [6.07, 6.45) is 6.25. The number of nitrogens with two attached hydrogens (primary N) is 1. The average molecular weight is 288 g/mol. The lowest BCUT2D eigenvalue weighted by atomic mass is 9.75. The van der Waals surface area contributed by atoms with Crippen molar-refractivity contribution in [3.05, 3.63) is 21.3 Å². The van der Waals surface area contributed by atoms with Gasteiger partial charge in [-0.2, -0.15) is 0 Å². The maximum atomic E-state index is 6.06. The first-order valence-electron chi connectivity index (χ1n) is 6.49. The highest BCUT2D eigenvalue weighted by atomic mass is 35.5. The zero-order valence-corrected chi connectivity index (χ0v) is 12.7. The first-order chi connectivity index (χ1) is 8.60. The molecule has 0 radical (unpaired) electrons. The third-order valence-corrected chi connectivity index (χ3v) is 5.49. The standard InChI is InChI=1S/C13H22ClN3S/c1-17(2)13(8-4-3-5-9-13)12(16-15)10-6-7-11(14)18-10/h6-7,12,16H,3-5,8-9,15H2,1-2H3. The van der Waals surface area contributed by atoms with Crippen molar-refractivity contribution in [2.45, 2.75) is 43.7 Å². The van der Waals surface area contributed by atoms with Crippen LogP contribution in [0.1, 0.15) is 43.0 Å². The van der Waals surface area contributed by atoms with E-state index in [9.17, 15) is 0 Å². The fourth-order valence-corrected chi connectivity index (χ4v) is 4.38. The number of thiophene rings is 1. The van der Waals surface area contributed by atoms with Crippen LogP contribution < -0.4 is 11.3 Å². The molecule has 0 aliphatic heterocycles. The number of nitrogens with zero attached hydrogens (tertiary/aromatic N) is 1. The molecule has 1 fully saturated rings. The summed E-state index contributed by atoms with van der Waals surface area (Å²) in [4.78, 5) is 3.57. The third kappa shape index (κ3) is 2.58. The molecule has 0 spiro atoms. The van der Waals surface area contributed by atoms with Crippen LogP contribution in [-0.2, 0) is 0 Å². The van der Waals surface area contributed by atoms with E-state index in [1.54, 1.807) is 11.3 Å². The Morgan fingerprint density at radius 1 is 1.33 bits per heavy atom. The van der Waals surface area contributed by atoms with E-state index in [-0.39, 0.29) is 11.6 Å². The Labute approximate surface area is 118 Å². The van der Waals surface area contributed by atoms with E-state index in [4.69, 9.17) is 17.4 Å². The highest BCUT2D eigenvalue weighted by Gasteiger charge is 2.42. The van der Waals surface area contributed by atoms with Crippen molar-refractivity contribution >= 4 is 22.9 Å². The van der Waals surface area contributed by atoms with Crippen molar-refractivity contribution in [2.24, 2.45) is 5.84 Å². The van der Waals surface area contributed by atoms with Crippen molar-refractivity contribution in [1.82, 2.24) is 10.3 Å². The van der Waals surface area contributed by atoms with Crippen LogP contribution in [-0.4, -0.2) is 24.5 Å². The fourth-order valence-electron chi connectivity index (χ4n) is 3.14. The Balaban J connectivity index is 2.32. The van der Waals surface area contributed by atoms with Gasteiger partial charge in [0.15, 0.2) is 0 Å². The van der Waals surface area contributed by atoms with Gasteiger partial charge in [-0.15, -0.1) is 11.3 Å². The molecule has 1 saturated carbocycles. The lowest BCUT2D eigenvalue weighted by Gasteiger charge is -2.48. The number of hydrogen-bond acceptors (Lipinski definition) is 4. The van der Waals surface area contributed by atoms with E-state index < -0.39 is 0 Å². The summed E-state index contributed by atoms with van der Waals surface area (Å²) in [7, 11) is 4.32. The molecular weight excluding hydrogens is 266 g/mol. The molecule has 102 valence electrons. The fraction of sp³-hybridized carbons (Fsp3) is 0.692. The van der Waals surface area contributed by atoms with Crippen molar-refractivity contribution < 1.29 is 0 Å². The Morgan fingerprint density at radius 3 is 2.44 bits per heavy atom. The van der Waals surface area contributed by atoms with Crippen LogP contribution in [0.15, 0.2) is 12.1 Å². The van der Waals surface area contributed by atoms with Gasteiger partial charge in [0.25, 0.3) is 0 Å². The summed E-state index contributed by atoms with van der Waals surface area (Å²) in [5.74, 6) is 5.85. The minimum atomic E-state index is 0.112. The lowest BCUT2D eigenvalue weighted by molar-refractivity contribution is 0.0577. The number of halogens is 1. The second-order valence-electron chi connectivity index (χ2n) is 5.30. The largest absolute Gasteiger partial charge is 0.302 e. The molecule has 1 aromatic heterocycles. The van der Waals surface area contributed by atoms with Crippen LogP contribution in [0.4, 0.5) is 0 Å². The second-order valence-corrected chi connectivity index (χ2v) is 7.05. The molecule has 0 amide bonds. The van der Waals surface area contributed by atoms with Crippen molar-refractivity contribution in [3.8, 4) is 0 Å². The van der Waals surface area contributed by atoms with Gasteiger partial charge in [0.05, 0.1) is 10.4 Å². The summed E-state index contributed by atoms with van der Waals surface area (Å²) < 4.78 is 0.829. The zero-order chi connectivity index (χ0) is 13.2. The molecule has 0 bridgehead atoms. The first-order valence-corrected chi connectivity index (χ1v) is 7.68. The Hall–Kier alpha value is -0.130. The van der Waals surface area contributed by atoms with E-state index in [1.165, 1.54) is 37.0 Å². The van der Waals surface area contributed by atoms with Gasteiger partial charge in [0.2, 0.25) is 0 Å². The van der Waals surface area contributed by atoms with E-state index in [0.29, 0.717) is 0 Å². The van der Waals surface area contributed by atoms with Crippen LogP contribution in [0, 0.1) is 0 Å². The van der Waals surface area contributed by atoms with Crippen LogP contribution in [0.5, 0.6) is 0 Å². The molecule has 0 saturated heterocycles. The molecule has 1 unspecified atom stereocenters. The van der Waals surface area contributed by atoms with Gasteiger partial charge in [-0.25, -0.2) is 0 Å². The molecule has 18 heavy (non-hydrogen) atoms. The smallest absolute Gasteiger partial charge is 0.0931 e. The van der Waals surface area contributed by atoms with E-state index in [1.807, 2.05) is 6.07 Å². The molecule has 1 atom stereocenters. The minimum absolute atomic E-state index is 0.112. The maximum Gasteiger partial charge on any atom is 0.0931 e. The van der Waals surface area contributed by atoms with Gasteiger partial charge in [-0.1, -0.05) is 30.9 Å². The van der Waals surface area contributed by atoms with E-state index in [2.05, 4.69) is 30.5 Å². The molecule has 2 rings (SSSR count). The number of nitrogens with one attached hydrogen (secondary N) is 1. The van der Waals surface area contributed by atoms with Gasteiger partial charge >= 0.3 is 0 Å². The Morgan fingerprint density at radius 2 is 2.00 bits per heavy atom. The monoisotopic (exact) mass is 287 g/mol. The number of hydrogen-bond donors (Lipinski definition) is 2. The Bertz CT molecular complexity index is 385. The van der Waals surface area contributed by atoms with Crippen molar-refractivity contribution in [1.29, 1.82) is 0 Å². The lowest BCUT2D eigenvalue weighted by Crippen LogP contribution is -2.56. The molecular formula is C13H22ClN3S. The van der Waals surface area contributed by atoms with E-state index >= 15 is 0 Å². The summed E-state index contributed by atoms with van der Waals surface area (Å²) >= 11 is 7.69. The average Bonchev–Trinajstić information content (AvgIpc) is 2.77. The summed E-state index contributed by atoms with van der Waals surface area (Å²) in [5.41, 5.74) is 3.15. The van der Waals surface area contributed by atoms with Crippen molar-refractivity contribution in [2.75, 3.05) is 14.1 Å². The molecule has 1 aliphatic carbocycles. The van der Waals surface area contributed by atoms with Gasteiger partial charge < -0.3 is 4.90 Å². The summed E-state index contributed by atoms with van der Waals surface area (Å²) in [6, 6.07) is 4.21. The highest BCUT2D eigenvalue weighted by Crippen LogP contribution is 2.43. The zero-order valence-electron chi connectivity index (χ0n) is 11.1. The SMILES string of the molecule is CN(C)C1(C(NN)c2ccc(Cl)s2)CCCCC1. The normalized spacial score (nSPS) is 21.2. The highest BCUT2D eigenvalue weighted by molar-refractivity contribution is 7.16. The van der Waals surface area contributed by atoms with Crippen LogP contribution in [0.25, 0.3) is 0 Å². The Kier molecular flexibility index (Phi) is 4.67. The second kappa shape index (κ2) is 5.88. The number of likely N-dealkylation sites (N-methyl/N-ethyl adjacent to an activating group) is 1. The van der Waals surface area contributed by atoms with Gasteiger partial charge in [0, 0.05) is 10.4 Å². The minimum Gasteiger partial charge on any atom is -0.302 e.